The second-order valence-electron chi connectivity index (χ2n) is 4.71. The van der Waals surface area contributed by atoms with E-state index in [1.807, 2.05) is 17.5 Å². The van der Waals surface area contributed by atoms with E-state index in [0.29, 0.717) is 18.7 Å². The SMILES string of the molecule is O=C(O)C1(Nc2nccc3sccc23)CCCC1. The van der Waals surface area contributed by atoms with Gasteiger partial charge >= 0.3 is 5.97 Å². The zero-order chi connectivity index (χ0) is 12.6. The van der Waals surface area contributed by atoms with Crippen LogP contribution in [-0.2, 0) is 4.79 Å². The first kappa shape index (κ1) is 11.5. The average molecular weight is 262 g/mol. The fourth-order valence-electron chi connectivity index (χ4n) is 2.59. The molecule has 3 rings (SSSR count). The summed E-state index contributed by atoms with van der Waals surface area (Å²) in [6.45, 7) is 0. The van der Waals surface area contributed by atoms with Crippen LogP contribution >= 0.6 is 11.3 Å². The number of thiophene rings is 1. The van der Waals surface area contributed by atoms with Crippen LogP contribution in [0.5, 0.6) is 0 Å². The Labute approximate surface area is 109 Å². The fourth-order valence-corrected chi connectivity index (χ4v) is 3.37. The average Bonchev–Trinajstić information content (AvgIpc) is 2.98. The quantitative estimate of drug-likeness (QED) is 0.892. The number of carboxylic acids is 1. The third-order valence-corrected chi connectivity index (χ3v) is 4.49. The second-order valence-corrected chi connectivity index (χ2v) is 5.66. The Bertz CT molecular complexity index is 587. The molecule has 0 amide bonds. The summed E-state index contributed by atoms with van der Waals surface area (Å²) in [4.78, 5) is 15.8. The molecular formula is C13H14N2O2S. The topological polar surface area (TPSA) is 62.2 Å². The molecule has 1 aliphatic rings. The maximum atomic E-state index is 11.5. The molecule has 0 unspecified atom stereocenters. The van der Waals surface area contributed by atoms with Crippen molar-refractivity contribution in [1.82, 2.24) is 4.98 Å². The minimum atomic E-state index is -0.830. The Morgan fingerprint density at radius 2 is 2.17 bits per heavy atom. The molecule has 2 heterocycles. The summed E-state index contributed by atoms with van der Waals surface area (Å²) in [6.07, 6.45) is 4.98. The lowest BCUT2D eigenvalue weighted by molar-refractivity contribution is -0.142. The van der Waals surface area contributed by atoms with E-state index in [1.54, 1.807) is 17.5 Å². The minimum absolute atomic E-state index is 0.671. The number of carboxylic acid groups (broad SMARTS) is 1. The predicted molar refractivity (Wildman–Crippen MR) is 72.1 cm³/mol. The molecule has 0 spiro atoms. The van der Waals surface area contributed by atoms with E-state index < -0.39 is 11.5 Å². The van der Waals surface area contributed by atoms with Gasteiger partial charge in [-0.05, 0) is 30.4 Å². The van der Waals surface area contributed by atoms with E-state index in [9.17, 15) is 9.90 Å². The molecular weight excluding hydrogens is 248 g/mol. The number of aliphatic carboxylic acids is 1. The zero-order valence-electron chi connectivity index (χ0n) is 9.85. The van der Waals surface area contributed by atoms with Crippen LogP contribution in [0.3, 0.4) is 0 Å². The van der Waals surface area contributed by atoms with Crippen molar-refractivity contribution in [2.24, 2.45) is 0 Å². The molecule has 0 radical (unpaired) electrons. The second kappa shape index (κ2) is 4.24. The summed E-state index contributed by atoms with van der Waals surface area (Å²) >= 11 is 1.64. The van der Waals surface area contributed by atoms with Gasteiger partial charge in [0.05, 0.1) is 0 Å². The molecule has 1 saturated carbocycles. The molecule has 0 aliphatic heterocycles. The molecule has 2 N–H and O–H groups in total. The molecule has 0 saturated heterocycles. The van der Waals surface area contributed by atoms with Crippen LogP contribution in [0.2, 0.25) is 0 Å². The highest BCUT2D eigenvalue weighted by Gasteiger charge is 2.41. The van der Waals surface area contributed by atoms with Gasteiger partial charge in [0.15, 0.2) is 0 Å². The van der Waals surface area contributed by atoms with Crippen molar-refractivity contribution < 1.29 is 9.90 Å². The van der Waals surface area contributed by atoms with Gasteiger partial charge in [-0.1, -0.05) is 12.8 Å². The van der Waals surface area contributed by atoms with Crippen molar-refractivity contribution in [3.8, 4) is 0 Å². The maximum Gasteiger partial charge on any atom is 0.329 e. The van der Waals surface area contributed by atoms with Crippen molar-refractivity contribution in [3.63, 3.8) is 0 Å². The van der Waals surface area contributed by atoms with Gasteiger partial charge in [0, 0.05) is 16.3 Å². The lowest BCUT2D eigenvalue weighted by atomic mass is 9.98. The van der Waals surface area contributed by atoms with Crippen LogP contribution in [0, 0.1) is 0 Å². The monoisotopic (exact) mass is 262 g/mol. The number of rotatable bonds is 3. The van der Waals surface area contributed by atoms with Crippen molar-refractivity contribution >= 4 is 33.2 Å². The summed E-state index contributed by atoms with van der Waals surface area (Å²) in [5, 5.41) is 15.6. The molecule has 5 heteroatoms. The van der Waals surface area contributed by atoms with E-state index in [-0.39, 0.29) is 0 Å². The smallest absolute Gasteiger partial charge is 0.329 e. The molecule has 0 aromatic carbocycles. The summed E-state index contributed by atoms with van der Waals surface area (Å²) in [5.74, 6) is -0.0768. The molecule has 4 nitrogen and oxygen atoms in total. The zero-order valence-corrected chi connectivity index (χ0v) is 10.7. The first-order valence-corrected chi connectivity index (χ1v) is 6.93. The van der Waals surface area contributed by atoms with Crippen LogP contribution in [0.15, 0.2) is 23.7 Å². The highest BCUT2D eigenvalue weighted by molar-refractivity contribution is 7.17. The number of anilines is 1. The molecule has 2 aromatic heterocycles. The van der Waals surface area contributed by atoms with Crippen molar-refractivity contribution in [2.75, 3.05) is 5.32 Å². The summed E-state index contributed by atoms with van der Waals surface area (Å²) < 4.78 is 1.13. The molecule has 0 atom stereocenters. The highest BCUT2D eigenvalue weighted by Crippen LogP contribution is 2.35. The Morgan fingerprint density at radius 1 is 1.39 bits per heavy atom. The number of nitrogens with one attached hydrogen (secondary N) is 1. The lowest BCUT2D eigenvalue weighted by Crippen LogP contribution is -2.43. The molecule has 0 bridgehead atoms. The van der Waals surface area contributed by atoms with E-state index in [2.05, 4.69) is 10.3 Å². The third-order valence-electron chi connectivity index (χ3n) is 3.60. The molecule has 18 heavy (non-hydrogen) atoms. The normalized spacial score (nSPS) is 18.0. The van der Waals surface area contributed by atoms with Gasteiger partial charge in [0.1, 0.15) is 11.4 Å². The first-order valence-electron chi connectivity index (χ1n) is 6.05. The van der Waals surface area contributed by atoms with E-state index in [4.69, 9.17) is 0 Å². The molecule has 94 valence electrons. The number of pyridine rings is 1. The number of fused-ring (bicyclic) bond motifs is 1. The fraction of sp³-hybridized carbons (Fsp3) is 0.385. The van der Waals surface area contributed by atoms with Gasteiger partial charge in [0.25, 0.3) is 0 Å². The number of carbonyl (C=O) groups is 1. The molecule has 1 aliphatic carbocycles. The van der Waals surface area contributed by atoms with E-state index >= 15 is 0 Å². The summed E-state index contributed by atoms with van der Waals surface area (Å²) in [7, 11) is 0. The minimum Gasteiger partial charge on any atom is -0.480 e. The van der Waals surface area contributed by atoms with Crippen molar-refractivity contribution in [1.29, 1.82) is 0 Å². The Morgan fingerprint density at radius 3 is 2.89 bits per heavy atom. The van der Waals surface area contributed by atoms with Gasteiger partial charge in [-0.2, -0.15) is 0 Å². The van der Waals surface area contributed by atoms with Gasteiger partial charge in [-0.15, -0.1) is 11.3 Å². The Hall–Kier alpha value is -1.62. The lowest BCUT2D eigenvalue weighted by Gasteiger charge is -2.26. The standard InChI is InChI=1S/C13H14N2O2S/c16-12(17)13(5-1-2-6-13)15-11-9-4-8-18-10(9)3-7-14-11/h3-4,7-8H,1-2,5-6H2,(H,14,15)(H,16,17). The number of hydrogen-bond acceptors (Lipinski definition) is 4. The van der Waals surface area contributed by atoms with E-state index in [1.165, 1.54) is 0 Å². The van der Waals surface area contributed by atoms with Crippen LogP contribution < -0.4 is 5.32 Å². The number of nitrogens with zero attached hydrogens (tertiary/aromatic N) is 1. The van der Waals surface area contributed by atoms with Crippen LogP contribution in [-0.4, -0.2) is 21.6 Å². The highest BCUT2D eigenvalue weighted by atomic mass is 32.1. The van der Waals surface area contributed by atoms with Crippen LogP contribution in [0.4, 0.5) is 5.82 Å². The molecule has 2 aromatic rings. The maximum absolute atomic E-state index is 11.5. The third kappa shape index (κ3) is 1.75. The summed E-state index contributed by atoms with van der Waals surface area (Å²) in [6, 6.07) is 3.94. The van der Waals surface area contributed by atoms with Gasteiger partial charge < -0.3 is 10.4 Å². The molecule has 1 fully saturated rings. The van der Waals surface area contributed by atoms with Gasteiger partial charge in [0.2, 0.25) is 0 Å². The largest absolute Gasteiger partial charge is 0.480 e. The summed E-state index contributed by atoms with van der Waals surface area (Å²) in [5.41, 5.74) is -0.830. The van der Waals surface area contributed by atoms with E-state index in [0.717, 1.165) is 22.9 Å². The van der Waals surface area contributed by atoms with Crippen LogP contribution in [0.1, 0.15) is 25.7 Å². The van der Waals surface area contributed by atoms with Crippen molar-refractivity contribution in [3.05, 3.63) is 23.7 Å². The van der Waals surface area contributed by atoms with Gasteiger partial charge in [-0.25, -0.2) is 9.78 Å². The van der Waals surface area contributed by atoms with Gasteiger partial charge in [-0.3, -0.25) is 0 Å². The number of hydrogen-bond donors (Lipinski definition) is 2. The first-order chi connectivity index (χ1) is 8.71. The van der Waals surface area contributed by atoms with Crippen LogP contribution in [0.25, 0.3) is 10.1 Å². The Balaban J connectivity index is 2.00. The predicted octanol–water partition coefficient (Wildman–Crippen LogP) is 3.11. The van der Waals surface area contributed by atoms with Crippen molar-refractivity contribution in [2.45, 2.75) is 31.2 Å². The Kier molecular flexibility index (Phi) is 2.70. The number of aromatic nitrogens is 1.